The van der Waals surface area contributed by atoms with Crippen LogP contribution in [0.25, 0.3) is 6.08 Å². The van der Waals surface area contributed by atoms with Gasteiger partial charge in [-0.05, 0) is 18.2 Å². The molecule has 0 bridgehead atoms. The second-order valence-corrected chi connectivity index (χ2v) is 3.79. The molecule has 0 radical (unpaired) electrons. The maximum atomic E-state index is 13.3. The van der Waals surface area contributed by atoms with Gasteiger partial charge in [-0.3, -0.25) is 4.79 Å². The Labute approximate surface area is 111 Å². The predicted octanol–water partition coefficient (Wildman–Crippen LogP) is 3.18. The first kappa shape index (κ1) is 14.8. The van der Waals surface area contributed by atoms with Crippen LogP contribution in [0.1, 0.15) is 5.56 Å². The van der Waals surface area contributed by atoms with Gasteiger partial charge in [0.25, 0.3) is 0 Å². The number of amides is 1. The van der Waals surface area contributed by atoms with Crippen molar-refractivity contribution in [3.63, 3.8) is 0 Å². The normalized spacial score (nSPS) is 10.4. The average Bonchev–Trinajstić information content (AvgIpc) is 2.37. The highest BCUT2D eigenvalue weighted by atomic mass is 19.1. The molecule has 0 aliphatic carbocycles. The van der Waals surface area contributed by atoms with Gasteiger partial charge in [0.15, 0.2) is 0 Å². The van der Waals surface area contributed by atoms with Crippen LogP contribution < -0.4 is 0 Å². The summed E-state index contributed by atoms with van der Waals surface area (Å²) in [6.07, 6.45) is 5.40. The standard InChI is InChI=1S/C15H15F2NO/c1-3-10-18(11-4-2)15(19)9-8-12-13(16)6-5-7-14(12)17/h3-9H,1-2,10-11H2/b9-8+. The molecule has 0 N–H and O–H groups in total. The molecule has 0 fully saturated rings. The van der Waals surface area contributed by atoms with Crippen LogP contribution in [0.15, 0.2) is 49.6 Å². The van der Waals surface area contributed by atoms with Gasteiger partial charge < -0.3 is 4.90 Å². The van der Waals surface area contributed by atoms with Gasteiger partial charge in [-0.15, -0.1) is 13.2 Å². The van der Waals surface area contributed by atoms with E-state index in [0.29, 0.717) is 13.1 Å². The maximum Gasteiger partial charge on any atom is 0.247 e. The molecule has 1 aromatic carbocycles. The Balaban J connectivity index is 2.87. The highest BCUT2D eigenvalue weighted by Gasteiger charge is 2.09. The highest BCUT2D eigenvalue weighted by molar-refractivity contribution is 5.92. The maximum absolute atomic E-state index is 13.3. The van der Waals surface area contributed by atoms with Gasteiger partial charge in [0, 0.05) is 24.7 Å². The highest BCUT2D eigenvalue weighted by Crippen LogP contribution is 2.13. The summed E-state index contributed by atoms with van der Waals surface area (Å²) in [7, 11) is 0. The van der Waals surface area contributed by atoms with Crippen molar-refractivity contribution in [1.82, 2.24) is 4.90 Å². The fraction of sp³-hybridized carbons (Fsp3) is 0.133. The monoisotopic (exact) mass is 263 g/mol. The summed E-state index contributed by atoms with van der Waals surface area (Å²) in [6, 6.07) is 3.54. The molecule has 1 amide bonds. The number of nitrogens with zero attached hydrogens (tertiary/aromatic N) is 1. The third kappa shape index (κ3) is 4.17. The summed E-state index contributed by atoms with van der Waals surface area (Å²) in [5.41, 5.74) is -0.229. The van der Waals surface area contributed by atoms with Gasteiger partial charge in [-0.1, -0.05) is 18.2 Å². The molecular weight excluding hydrogens is 248 g/mol. The zero-order valence-corrected chi connectivity index (χ0v) is 10.5. The van der Waals surface area contributed by atoms with Gasteiger partial charge in [0.1, 0.15) is 11.6 Å². The Morgan fingerprint density at radius 1 is 1.16 bits per heavy atom. The zero-order chi connectivity index (χ0) is 14.3. The SMILES string of the molecule is C=CCN(CC=C)C(=O)/C=C/c1c(F)cccc1F. The fourth-order valence-corrected chi connectivity index (χ4v) is 1.50. The molecule has 1 aromatic rings. The Morgan fingerprint density at radius 2 is 1.68 bits per heavy atom. The smallest absolute Gasteiger partial charge is 0.247 e. The van der Waals surface area contributed by atoms with E-state index in [1.807, 2.05) is 0 Å². The van der Waals surface area contributed by atoms with Crippen molar-refractivity contribution in [3.05, 3.63) is 66.8 Å². The van der Waals surface area contributed by atoms with E-state index < -0.39 is 11.6 Å². The van der Waals surface area contributed by atoms with Crippen molar-refractivity contribution in [2.75, 3.05) is 13.1 Å². The number of benzene rings is 1. The van der Waals surface area contributed by atoms with E-state index in [1.165, 1.54) is 11.0 Å². The van der Waals surface area contributed by atoms with Crippen LogP contribution in [0.3, 0.4) is 0 Å². The van der Waals surface area contributed by atoms with Crippen molar-refractivity contribution in [2.45, 2.75) is 0 Å². The lowest BCUT2D eigenvalue weighted by molar-refractivity contribution is -0.124. The lowest BCUT2D eigenvalue weighted by Crippen LogP contribution is -2.29. The molecule has 0 spiro atoms. The average molecular weight is 263 g/mol. The molecule has 19 heavy (non-hydrogen) atoms. The van der Waals surface area contributed by atoms with Crippen molar-refractivity contribution in [1.29, 1.82) is 0 Å². The number of hydrogen-bond donors (Lipinski definition) is 0. The van der Waals surface area contributed by atoms with Crippen LogP contribution in [0.5, 0.6) is 0 Å². The number of hydrogen-bond acceptors (Lipinski definition) is 1. The van der Waals surface area contributed by atoms with Crippen molar-refractivity contribution in [2.24, 2.45) is 0 Å². The van der Waals surface area contributed by atoms with Crippen LogP contribution in [-0.4, -0.2) is 23.9 Å². The summed E-state index contributed by atoms with van der Waals surface area (Å²) >= 11 is 0. The van der Waals surface area contributed by atoms with Gasteiger partial charge in [-0.25, -0.2) is 8.78 Å². The molecule has 0 aromatic heterocycles. The summed E-state index contributed by atoms with van der Waals surface area (Å²) in [4.78, 5) is 13.3. The van der Waals surface area contributed by atoms with Crippen LogP contribution in [0.4, 0.5) is 8.78 Å². The van der Waals surface area contributed by atoms with Crippen LogP contribution in [0.2, 0.25) is 0 Å². The second-order valence-electron chi connectivity index (χ2n) is 3.79. The third-order valence-corrected chi connectivity index (χ3v) is 2.40. The summed E-state index contributed by atoms with van der Waals surface area (Å²) in [5, 5.41) is 0. The van der Waals surface area contributed by atoms with Gasteiger partial charge in [0.2, 0.25) is 5.91 Å². The molecular formula is C15H15F2NO. The van der Waals surface area contributed by atoms with Crippen molar-refractivity contribution >= 4 is 12.0 Å². The number of rotatable bonds is 6. The van der Waals surface area contributed by atoms with E-state index in [0.717, 1.165) is 24.3 Å². The summed E-state index contributed by atoms with van der Waals surface area (Å²) < 4.78 is 26.7. The first-order chi connectivity index (χ1) is 9.10. The molecule has 2 nitrogen and oxygen atoms in total. The molecule has 0 aliphatic rings. The fourth-order valence-electron chi connectivity index (χ4n) is 1.50. The lowest BCUT2D eigenvalue weighted by atomic mass is 10.2. The van der Waals surface area contributed by atoms with Gasteiger partial charge in [-0.2, -0.15) is 0 Å². The number of carbonyl (C=O) groups excluding carboxylic acids is 1. The van der Waals surface area contributed by atoms with E-state index in [9.17, 15) is 13.6 Å². The molecule has 0 saturated heterocycles. The quantitative estimate of drug-likeness (QED) is 0.570. The van der Waals surface area contributed by atoms with E-state index in [1.54, 1.807) is 12.2 Å². The summed E-state index contributed by atoms with van der Waals surface area (Å²) in [6.45, 7) is 7.76. The molecule has 0 aliphatic heterocycles. The van der Waals surface area contributed by atoms with E-state index in [2.05, 4.69) is 13.2 Å². The molecule has 0 unspecified atom stereocenters. The Kier molecular flexibility index (Phi) is 5.67. The zero-order valence-electron chi connectivity index (χ0n) is 10.5. The molecule has 100 valence electrons. The molecule has 0 saturated carbocycles. The molecule has 0 heterocycles. The topological polar surface area (TPSA) is 20.3 Å². The third-order valence-electron chi connectivity index (χ3n) is 2.40. The molecule has 4 heteroatoms. The van der Waals surface area contributed by atoms with Crippen LogP contribution >= 0.6 is 0 Å². The van der Waals surface area contributed by atoms with E-state index in [-0.39, 0.29) is 11.5 Å². The second kappa shape index (κ2) is 7.26. The molecule has 1 rings (SSSR count). The van der Waals surface area contributed by atoms with E-state index in [4.69, 9.17) is 0 Å². The van der Waals surface area contributed by atoms with Crippen LogP contribution in [0, 0.1) is 11.6 Å². The molecule has 0 atom stereocenters. The number of carbonyl (C=O) groups is 1. The first-order valence-electron chi connectivity index (χ1n) is 5.73. The Morgan fingerprint density at radius 3 is 2.16 bits per heavy atom. The summed E-state index contributed by atoms with van der Waals surface area (Å²) in [5.74, 6) is -1.77. The predicted molar refractivity (Wildman–Crippen MR) is 72.4 cm³/mol. The largest absolute Gasteiger partial charge is 0.332 e. The van der Waals surface area contributed by atoms with Gasteiger partial charge in [0.05, 0.1) is 0 Å². The van der Waals surface area contributed by atoms with Crippen molar-refractivity contribution in [3.8, 4) is 0 Å². The minimum atomic E-state index is -0.706. The number of halogens is 2. The van der Waals surface area contributed by atoms with Gasteiger partial charge >= 0.3 is 0 Å². The lowest BCUT2D eigenvalue weighted by Gasteiger charge is -2.16. The van der Waals surface area contributed by atoms with Crippen molar-refractivity contribution < 1.29 is 13.6 Å². The first-order valence-corrected chi connectivity index (χ1v) is 5.73. The van der Waals surface area contributed by atoms with Crippen LogP contribution in [-0.2, 0) is 4.79 Å². The Hall–Kier alpha value is -2.23. The minimum absolute atomic E-state index is 0.229. The minimum Gasteiger partial charge on any atom is -0.332 e. The van der Waals surface area contributed by atoms with E-state index >= 15 is 0 Å². The Bertz CT molecular complexity index is 479.